The van der Waals surface area contributed by atoms with Crippen LogP contribution in [0.4, 0.5) is 4.39 Å². The summed E-state index contributed by atoms with van der Waals surface area (Å²) in [5.74, 6) is -0.211. The number of morpholine rings is 1. The lowest BCUT2D eigenvalue weighted by Gasteiger charge is -2.40. The minimum absolute atomic E-state index is 0.0391. The third-order valence-electron chi connectivity index (χ3n) is 4.67. The predicted molar refractivity (Wildman–Crippen MR) is 98.8 cm³/mol. The van der Waals surface area contributed by atoms with E-state index in [9.17, 15) is 9.18 Å². The van der Waals surface area contributed by atoms with Gasteiger partial charge in [-0.2, -0.15) is 0 Å². The van der Waals surface area contributed by atoms with Gasteiger partial charge in [-0.25, -0.2) is 4.39 Å². The number of carbonyl (C=O) groups excluding carboxylic acids is 1. The lowest BCUT2D eigenvalue weighted by Crippen LogP contribution is -2.56. The first-order valence-electron chi connectivity index (χ1n) is 8.92. The summed E-state index contributed by atoms with van der Waals surface area (Å²) in [4.78, 5) is 16.4. The quantitative estimate of drug-likeness (QED) is 0.755. The first-order chi connectivity index (χ1) is 12.3. The van der Waals surface area contributed by atoms with Crippen molar-refractivity contribution in [3.8, 4) is 5.75 Å². The number of rotatable bonds is 8. The Balaban J connectivity index is 1.78. The van der Waals surface area contributed by atoms with Gasteiger partial charge >= 0.3 is 0 Å². The molecule has 2 rings (SSSR count). The summed E-state index contributed by atoms with van der Waals surface area (Å²) >= 11 is 0. The Morgan fingerprint density at radius 3 is 2.69 bits per heavy atom. The monoisotopic (exact) mass is 367 g/mol. The normalized spacial score (nSPS) is 15.9. The number of halogens is 1. The van der Waals surface area contributed by atoms with Gasteiger partial charge in [0.2, 0.25) is 5.91 Å². The van der Waals surface area contributed by atoms with Crippen molar-refractivity contribution in [2.24, 2.45) is 0 Å². The summed E-state index contributed by atoms with van der Waals surface area (Å²) in [7, 11) is 3.28. The number of benzene rings is 1. The third kappa shape index (κ3) is 5.93. The smallest absolute Gasteiger partial charge is 0.234 e. The molecule has 1 saturated heterocycles. The summed E-state index contributed by atoms with van der Waals surface area (Å²) in [6, 6.07) is 4.84. The van der Waals surface area contributed by atoms with E-state index < -0.39 is 5.82 Å². The summed E-state index contributed by atoms with van der Waals surface area (Å²) in [5, 5.41) is 3.01. The van der Waals surface area contributed by atoms with Gasteiger partial charge in [0, 0.05) is 31.7 Å². The molecule has 1 aliphatic heterocycles. The Morgan fingerprint density at radius 1 is 1.38 bits per heavy atom. The molecule has 0 aromatic heterocycles. The molecule has 0 spiro atoms. The fourth-order valence-electron chi connectivity index (χ4n) is 3.07. The number of amides is 1. The van der Waals surface area contributed by atoms with E-state index in [1.165, 1.54) is 13.2 Å². The molecule has 1 amide bonds. The van der Waals surface area contributed by atoms with E-state index >= 15 is 0 Å². The second-order valence-electron chi connectivity index (χ2n) is 7.33. The molecule has 1 aromatic rings. The van der Waals surface area contributed by atoms with Crippen LogP contribution in [0.15, 0.2) is 18.2 Å². The van der Waals surface area contributed by atoms with Crippen molar-refractivity contribution in [1.82, 2.24) is 15.1 Å². The zero-order valence-corrected chi connectivity index (χ0v) is 16.2. The fourth-order valence-corrected chi connectivity index (χ4v) is 3.07. The maximum Gasteiger partial charge on any atom is 0.234 e. The average Bonchev–Trinajstić information content (AvgIpc) is 2.61. The predicted octanol–water partition coefficient (Wildman–Crippen LogP) is 1.49. The molecular formula is C19H30FN3O3. The highest BCUT2D eigenvalue weighted by atomic mass is 19.1. The van der Waals surface area contributed by atoms with Crippen LogP contribution in [0.3, 0.4) is 0 Å². The summed E-state index contributed by atoms with van der Waals surface area (Å²) in [5.41, 5.74) is 0.684. The maximum atomic E-state index is 13.8. The van der Waals surface area contributed by atoms with Crippen LogP contribution >= 0.6 is 0 Å². The van der Waals surface area contributed by atoms with Gasteiger partial charge in [0.05, 0.1) is 26.9 Å². The topological polar surface area (TPSA) is 54.0 Å². The minimum Gasteiger partial charge on any atom is -0.494 e. The molecule has 1 heterocycles. The molecule has 0 bridgehead atoms. The number of nitrogens with one attached hydrogen (secondary N) is 1. The number of nitrogens with zero attached hydrogens (tertiary/aromatic N) is 2. The lowest BCUT2D eigenvalue weighted by molar-refractivity contribution is -0.122. The Hall–Kier alpha value is -1.70. The van der Waals surface area contributed by atoms with E-state index in [0.29, 0.717) is 13.1 Å². The molecule has 1 fully saturated rings. The Bertz CT molecular complexity index is 604. The number of ether oxygens (including phenoxy) is 2. The largest absolute Gasteiger partial charge is 0.494 e. The number of hydrogen-bond donors (Lipinski definition) is 1. The second-order valence-corrected chi connectivity index (χ2v) is 7.33. The fraction of sp³-hybridized carbons (Fsp3) is 0.632. The molecule has 146 valence electrons. The number of carbonyl (C=O) groups is 1. The number of hydrogen-bond acceptors (Lipinski definition) is 5. The van der Waals surface area contributed by atoms with Crippen molar-refractivity contribution >= 4 is 5.91 Å². The molecule has 0 radical (unpaired) electrons. The minimum atomic E-state index is -0.393. The molecule has 1 aliphatic rings. The Kier molecular flexibility index (Phi) is 7.37. The van der Waals surface area contributed by atoms with E-state index in [0.717, 1.165) is 31.9 Å². The Labute approximate surface area is 155 Å². The first kappa shape index (κ1) is 20.6. The van der Waals surface area contributed by atoms with Crippen molar-refractivity contribution in [2.45, 2.75) is 25.9 Å². The molecule has 0 aliphatic carbocycles. The highest BCUT2D eigenvalue weighted by Gasteiger charge is 2.28. The van der Waals surface area contributed by atoms with Crippen molar-refractivity contribution in [3.05, 3.63) is 29.6 Å². The van der Waals surface area contributed by atoms with Crippen molar-refractivity contribution in [3.63, 3.8) is 0 Å². The lowest BCUT2D eigenvalue weighted by atomic mass is 10.0. The van der Waals surface area contributed by atoms with Crippen LogP contribution < -0.4 is 10.1 Å². The van der Waals surface area contributed by atoms with Crippen LogP contribution in [0.25, 0.3) is 0 Å². The van der Waals surface area contributed by atoms with Gasteiger partial charge in [-0.15, -0.1) is 0 Å². The third-order valence-corrected chi connectivity index (χ3v) is 4.67. The summed E-state index contributed by atoms with van der Waals surface area (Å²) in [6.07, 6.45) is 0. The van der Waals surface area contributed by atoms with Gasteiger partial charge in [-0.3, -0.25) is 14.6 Å². The van der Waals surface area contributed by atoms with E-state index in [4.69, 9.17) is 9.47 Å². The molecular weight excluding hydrogens is 337 g/mol. The van der Waals surface area contributed by atoms with Crippen LogP contribution in [-0.4, -0.2) is 74.8 Å². The number of methoxy groups -OCH3 is 1. The molecule has 6 nitrogen and oxygen atoms in total. The van der Waals surface area contributed by atoms with Crippen molar-refractivity contribution in [1.29, 1.82) is 0 Å². The summed E-state index contributed by atoms with van der Waals surface area (Å²) in [6.45, 7) is 8.81. The maximum absolute atomic E-state index is 13.8. The van der Waals surface area contributed by atoms with Crippen LogP contribution in [0.1, 0.15) is 19.4 Å². The summed E-state index contributed by atoms with van der Waals surface area (Å²) < 4.78 is 24.1. The Morgan fingerprint density at radius 2 is 2.08 bits per heavy atom. The van der Waals surface area contributed by atoms with Gasteiger partial charge in [-0.05, 0) is 38.6 Å². The van der Waals surface area contributed by atoms with Gasteiger partial charge in [0.1, 0.15) is 0 Å². The molecule has 1 N–H and O–H groups in total. The zero-order chi connectivity index (χ0) is 19.2. The van der Waals surface area contributed by atoms with Gasteiger partial charge < -0.3 is 14.8 Å². The number of likely N-dealkylation sites (N-methyl/N-ethyl adjacent to an activating group) is 1. The van der Waals surface area contributed by atoms with Crippen LogP contribution in [0, 0.1) is 5.82 Å². The van der Waals surface area contributed by atoms with Gasteiger partial charge in [0.25, 0.3) is 0 Å². The van der Waals surface area contributed by atoms with Crippen LogP contribution in [-0.2, 0) is 16.1 Å². The van der Waals surface area contributed by atoms with Gasteiger partial charge in [-0.1, -0.05) is 6.07 Å². The van der Waals surface area contributed by atoms with E-state index in [-0.39, 0.29) is 23.7 Å². The SMILES string of the molecule is COc1ccc(CN(C)CC(=O)NCC(C)(C)N2CCOCC2)cc1F. The molecule has 0 saturated carbocycles. The second kappa shape index (κ2) is 9.30. The highest BCUT2D eigenvalue weighted by molar-refractivity contribution is 5.78. The van der Waals surface area contributed by atoms with E-state index in [2.05, 4.69) is 24.1 Å². The zero-order valence-electron chi connectivity index (χ0n) is 16.2. The van der Waals surface area contributed by atoms with Crippen molar-refractivity contribution < 1.29 is 18.7 Å². The van der Waals surface area contributed by atoms with Crippen molar-refractivity contribution in [2.75, 3.05) is 53.6 Å². The van der Waals surface area contributed by atoms with Gasteiger partial charge in [0.15, 0.2) is 11.6 Å². The van der Waals surface area contributed by atoms with E-state index in [1.807, 2.05) is 11.9 Å². The molecule has 1 aromatic carbocycles. The molecule has 7 heteroatoms. The molecule has 26 heavy (non-hydrogen) atoms. The molecule has 0 atom stereocenters. The van der Waals surface area contributed by atoms with Crippen LogP contribution in [0.2, 0.25) is 0 Å². The molecule has 0 unspecified atom stereocenters. The average molecular weight is 367 g/mol. The van der Waals surface area contributed by atoms with Crippen LogP contribution in [0.5, 0.6) is 5.75 Å². The standard InChI is InChI=1S/C19H30FN3O3/c1-19(2,23-7-9-26-10-8-23)14-21-18(24)13-22(3)12-15-5-6-17(25-4)16(20)11-15/h5-6,11H,7-10,12-14H2,1-4H3,(H,21,24). The van der Waals surface area contributed by atoms with E-state index in [1.54, 1.807) is 12.1 Å². The first-order valence-corrected chi connectivity index (χ1v) is 8.92. The highest BCUT2D eigenvalue weighted by Crippen LogP contribution is 2.18.